The third-order valence-corrected chi connectivity index (χ3v) is 3.46. The SMILES string of the molecule is COC(=O)[C@H]1CCN(C(=O)c2ccoc2)C[C@@H]1C. The van der Waals surface area contributed by atoms with E-state index in [1.54, 1.807) is 11.0 Å². The molecule has 1 aromatic rings. The average Bonchev–Trinajstić information content (AvgIpc) is 2.90. The van der Waals surface area contributed by atoms with Gasteiger partial charge in [0, 0.05) is 13.1 Å². The van der Waals surface area contributed by atoms with Crippen LogP contribution >= 0.6 is 0 Å². The summed E-state index contributed by atoms with van der Waals surface area (Å²) >= 11 is 0. The summed E-state index contributed by atoms with van der Waals surface area (Å²) in [6.45, 7) is 3.12. The van der Waals surface area contributed by atoms with Crippen LogP contribution in [0.4, 0.5) is 0 Å². The molecule has 1 fully saturated rings. The number of furan rings is 1. The van der Waals surface area contributed by atoms with Crippen LogP contribution in [0.15, 0.2) is 23.0 Å². The number of methoxy groups -OCH3 is 1. The molecule has 1 aliphatic rings. The minimum Gasteiger partial charge on any atom is -0.472 e. The van der Waals surface area contributed by atoms with Crippen molar-refractivity contribution < 1.29 is 18.7 Å². The molecule has 0 unspecified atom stereocenters. The van der Waals surface area contributed by atoms with Crippen LogP contribution in [0.3, 0.4) is 0 Å². The van der Waals surface area contributed by atoms with Gasteiger partial charge >= 0.3 is 5.97 Å². The van der Waals surface area contributed by atoms with Crippen molar-refractivity contribution in [1.29, 1.82) is 0 Å². The first-order chi connectivity index (χ1) is 8.63. The molecule has 1 aliphatic heterocycles. The van der Waals surface area contributed by atoms with E-state index in [0.29, 0.717) is 25.1 Å². The molecule has 1 aromatic heterocycles. The lowest BCUT2D eigenvalue weighted by Gasteiger charge is -2.35. The van der Waals surface area contributed by atoms with E-state index >= 15 is 0 Å². The first-order valence-electron chi connectivity index (χ1n) is 6.02. The predicted octanol–water partition coefficient (Wildman–Crippen LogP) is 1.55. The topological polar surface area (TPSA) is 59.8 Å². The number of esters is 1. The number of likely N-dealkylation sites (tertiary alicyclic amines) is 1. The molecule has 0 aromatic carbocycles. The van der Waals surface area contributed by atoms with Gasteiger partial charge in [-0.1, -0.05) is 6.92 Å². The molecule has 0 bridgehead atoms. The van der Waals surface area contributed by atoms with Gasteiger partial charge in [-0.3, -0.25) is 9.59 Å². The summed E-state index contributed by atoms with van der Waals surface area (Å²) in [6, 6.07) is 1.65. The van der Waals surface area contributed by atoms with Crippen LogP contribution in [-0.2, 0) is 9.53 Å². The zero-order chi connectivity index (χ0) is 13.1. The second-order valence-electron chi connectivity index (χ2n) is 4.66. The summed E-state index contributed by atoms with van der Waals surface area (Å²) in [7, 11) is 1.40. The number of carbonyl (C=O) groups excluding carboxylic acids is 2. The Morgan fingerprint density at radius 1 is 1.50 bits per heavy atom. The first kappa shape index (κ1) is 12.7. The molecule has 1 amide bonds. The molecule has 98 valence electrons. The summed E-state index contributed by atoms with van der Waals surface area (Å²) in [5, 5.41) is 0. The largest absolute Gasteiger partial charge is 0.472 e. The van der Waals surface area contributed by atoms with Crippen molar-refractivity contribution in [3.8, 4) is 0 Å². The summed E-state index contributed by atoms with van der Waals surface area (Å²) in [5.41, 5.74) is 0.554. The molecule has 0 spiro atoms. The fourth-order valence-corrected chi connectivity index (χ4v) is 2.40. The van der Waals surface area contributed by atoms with Crippen LogP contribution in [0.25, 0.3) is 0 Å². The second kappa shape index (κ2) is 5.25. The second-order valence-corrected chi connectivity index (χ2v) is 4.66. The van der Waals surface area contributed by atoms with E-state index in [1.807, 2.05) is 6.92 Å². The lowest BCUT2D eigenvalue weighted by atomic mass is 9.87. The van der Waals surface area contributed by atoms with Crippen molar-refractivity contribution in [2.24, 2.45) is 11.8 Å². The van der Waals surface area contributed by atoms with Gasteiger partial charge in [-0.15, -0.1) is 0 Å². The highest BCUT2D eigenvalue weighted by Gasteiger charge is 2.34. The number of hydrogen-bond donors (Lipinski definition) is 0. The molecule has 2 heterocycles. The fourth-order valence-electron chi connectivity index (χ4n) is 2.40. The highest BCUT2D eigenvalue weighted by atomic mass is 16.5. The number of ether oxygens (including phenoxy) is 1. The Morgan fingerprint density at radius 2 is 2.28 bits per heavy atom. The van der Waals surface area contributed by atoms with E-state index in [4.69, 9.17) is 9.15 Å². The monoisotopic (exact) mass is 251 g/mol. The molecule has 5 heteroatoms. The summed E-state index contributed by atoms with van der Waals surface area (Å²) < 4.78 is 9.68. The van der Waals surface area contributed by atoms with Crippen molar-refractivity contribution in [3.05, 3.63) is 24.2 Å². The third kappa shape index (κ3) is 2.39. The van der Waals surface area contributed by atoms with Crippen molar-refractivity contribution in [1.82, 2.24) is 4.90 Å². The van der Waals surface area contributed by atoms with Gasteiger partial charge in [-0.2, -0.15) is 0 Å². The molecule has 5 nitrogen and oxygen atoms in total. The highest BCUT2D eigenvalue weighted by molar-refractivity contribution is 5.94. The lowest BCUT2D eigenvalue weighted by molar-refractivity contribution is -0.148. The van der Waals surface area contributed by atoms with Crippen molar-refractivity contribution in [3.63, 3.8) is 0 Å². The van der Waals surface area contributed by atoms with Gasteiger partial charge in [0.15, 0.2) is 0 Å². The molecule has 2 rings (SSSR count). The zero-order valence-electron chi connectivity index (χ0n) is 10.6. The maximum absolute atomic E-state index is 12.1. The summed E-state index contributed by atoms with van der Waals surface area (Å²) in [4.78, 5) is 25.4. The van der Waals surface area contributed by atoms with Gasteiger partial charge < -0.3 is 14.1 Å². The van der Waals surface area contributed by atoms with Crippen LogP contribution in [0, 0.1) is 11.8 Å². The van der Waals surface area contributed by atoms with Gasteiger partial charge in [-0.25, -0.2) is 0 Å². The van der Waals surface area contributed by atoms with Crippen LogP contribution in [0.2, 0.25) is 0 Å². The summed E-state index contributed by atoms with van der Waals surface area (Å²) in [5.74, 6) is -0.220. The van der Waals surface area contributed by atoms with Crippen molar-refractivity contribution in [2.75, 3.05) is 20.2 Å². The van der Waals surface area contributed by atoms with Gasteiger partial charge in [0.1, 0.15) is 6.26 Å². The fraction of sp³-hybridized carbons (Fsp3) is 0.538. The maximum atomic E-state index is 12.1. The Labute approximate surface area is 106 Å². The average molecular weight is 251 g/mol. The van der Waals surface area contributed by atoms with Crippen molar-refractivity contribution >= 4 is 11.9 Å². The van der Waals surface area contributed by atoms with Gasteiger partial charge in [-0.05, 0) is 18.4 Å². The Hall–Kier alpha value is -1.78. The number of rotatable bonds is 2. The molecule has 0 N–H and O–H groups in total. The molecule has 0 radical (unpaired) electrons. The Morgan fingerprint density at radius 3 is 2.83 bits per heavy atom. The smallest absolute Gasteiger partial charge is 0.309 e. The van der Waals surface area contributed by atoms with E-state index in [0.717, 1.165) is 0 Å². The molecular formula is C13H17NO4. The standard InChI is InChI=1S/C13H17NO4/c1-9-7-14(5-3-11(9)13(16)17-2)12(15)10-4-6-18-8-10/h4,6,8-9,11H,3,5,7H2,1-2H3/t9-,11-/m0/s1. The van der Waals surface area contributed by atoms with Crippen LogP contribution < -0.4 is 0 Å². The third-order valence-electron chi connectivity index (χ3n) is 3.46. The van der Waals surface area contributed by atoms with Gasteiger partial charge in [0.2, 0.25) is 0 Å². The lowest BCUT2D eigenvalue weighted by Crippen LogP contribution is -2.45. The minimum atomic E-state index is -0.182. The van der Waals surface area contributed by atoms with E-state index in [-0.39, 0.29) is 23.7 Å². The molecule has 0 saturated carbocycles. The van der Waals surface area contributed by atoms with Crippen LogP contribution in [0.1, 0.15) is 23.7 Å². The van der Waals surface area contributed by atoms with Gasteiger partial charge in [0.05, 0.1) is 24.9 Å². The van der Waals surface area contributed by atoms with E-state index < -0.39 is 0 Å². The molecule has 18 heavy (non-hydrogen) atoms. The highest BCUT2D eigenvalue weighted by Crippen LogP contribution is 2.25. The quantitative estimate of drug-likeness (QED) is 0.748. The zero-order valence-corrected chi connectivity index (χ0v) is 10.6. The van der Waals surface area contributed by atoms with Crippen LogP contribution in [0.5, 0.6) is 0 Å². The number of carbonyl (C=O) groups is 2. The Kier molecular flexibility index (Phi) is 3.69. The Bertz CT molecular complexity index is 426. The molecular weight excluding hydrogens is 234 g/mol. The Balaban J connectivity index is 2.00. The van der Waals surface area contributed by atoms with E-state index in [9.17, 15) is 9.59 Å². The molecule has 1 saturated heterocycles. The minimum absolute atomic E-state index is 0.0427. The van der Waals surface area contributed by atoms with Crippen molar-refractivity contribution in [2.45, 2.75) is 13.3 Å². The first-order valence-corrected chi connectivity index (χ1v) is 6.02. The number of amides is 1. The van der Waals surface area contributed by atoms with E-state index in [1.165, 1.54) is 19.6 Å². The molecule has 0 aliphatic carbocycles. The van der Waals surface area contributed by atoms with E-state index in [2.05, 4.69) is 0 Å². The number of nitrogens with zero attached hydrogens (tertiary/aromatic N) is 1. The molecule has 2 atom stereocenters. The predicted molar refractivity (Wildman–Crippen MR) is 63.9 cm³/mol. The van der Waals surface area contributed by atoms with Gasteiger partial charge in [0.25, 0.3) is 5.91 Å². The van der Waals surface area contributed by atoms with Crippen LogP contribution in [-0.4, -0.2) is 37.0 Å². The summed E-state index contributed by atoms with van der Waals surface area (Å²) in [6.07, 6.45) is 3.58. The number of piperidine rings is 1. The maximum Gasteiger partial charge on any atom is 0.309 e. The normalized spacial score (nSPS) is 23.8. The number of hydrogen-bond acceptors (Lipinski definition) is 4.